The molecule has 8 heteroatoms. The van der Waals surface area contributed by atoms with Crippen LogP contribution in [0.5, 0.6) is 0 Å². The third-order valence-electron chi connectivity index (χ3n) is 4.75. The standard InChI is InChI=1S/C16H21N5O2S/c1-9-12(10(2)24-20-9)8-21-7-3-4-13(21)16-18-14(19-23-16)15(22)17-11-5-6-11/h11,13H,3-8H2,1-2H3,(H,17,22)/t13-/m0/s1. The highest BCUT2D eigenvalue weighted by Crippen LogP contribution is 2.33. The van der Waals surface area contributed by atoms with Crippen molar-refractivity contribution in [3.05, 3.63) is 27.8 Å². The summed E-state index contributed by atoms with van der Waals surface area (Å²) in [4.78, 5) is 20.0. The van der Waals surface area contributed by atoms with Gasteiger partial charge in [0.05, 0.1) is 11.7 Å². The molecule has 128 valence electrons. The lowest BCUT2D eigenvalue weighted by Crippen LogP contribution is -2.27. The zero-order valence-electron chi connectivity index (χ0n) is 13.9. The van der Waals surface area contributed by atoms with Crippen LogP contribution in [0.1, 0.15) is 64.4 Å². The Morgan fingerprint density at radius 1 is 1.38 bits per heavy atom. The molecule has 2 fully saturated rings. The summed E-state index contributed by atoms with van der Waals surface area (Å²) < 4.78 is 9.83. The molecule has 1 amide bonds. The van der Waals surface area contributed by atoms with E-state index in [-0.39, 0.29) is 17.8 Å². The fourth-order valence-corrected chi connectivity index (χ4v) is 3.87. The number of aryl methyl sites for hydroxylation is 2. The van der Waals surface area contributed by atoms with Crippen LogP contribution in [0.2, 0.25) is 0 Å². The Kier molecular flexibility index (Phi) is 4.09. The van der Waals surface area contributed by atoms with E-state index in [1.165, 1.54) is 10.4 Å². The maximum absolute atomic E-state index is 12.0. The molecule has 7 nitrogen and oxygen atoms in total. The number of hydrogen-bond acceptors (Lipinski definition) is 7. The van der Waals surface area contributed by atoms with Crippen molar-refractivity contribution in [1.29, 1.82) is 0 Å². The molecule has 1 N–H and O–H groups in total. The molecule has 3 heterocycles. The second-order valence-corrected chi connectivity index (χ2v) is 7.61. The zero-order valence-corrected chi connectivity index (χ0v) is 14.7. The summed E-state index contributed by atoms with van der Waals surface area (Å²) >= 11 is 1.55. The van der Waals surface area contributed by atoms with Crippen LogP contribution < -0.4 is 5.32 Å². The van der Waals surface area contributed by atoms with Gasteiger partial charge in [0.25, 0.3) is 11.7 Å². The van der Waals surface area contributed by atoms with Crippen LogP contribution in [-0.2, 0) is 6.54 Å². The monoisotopic (exact) mass is 347 g/mol. The molecule has 1 atom stereocenters. The van der Waals surface area contributed by atoms with Gasteiger partial charge in [0.15, 0.2) is 0 Å². The molecule has 0 bridgehead atoms. The summed E-state index contributed by atoms with van der Waals surface area (Å²) in [6.45, 7) is 5.99. The van der Waals surface area contributed by atoms with E-state index in [1.807, 2.05) is 0 Å². The van der Waals surface area contributed by atoms with Crippen molar-refractivity contribution in [2.75, 3.05) is 6.54 Å². The molecule has 2 aromatic rings. The zero-order chi connectivity index (χ0) is 16.7. The third kappa shape index (κ3) is 3.08. The van der Waals surface area contributed by atoms with Crippen molar-refractivity contribution in [3.63, 3.8) is 0 Å². The summed E-state index contributed by atoms with van der Waals surface area (Å²) in [7, 11) is 0. The van der Waals surface area contributed by atoms with Gasteiger partial charge in [0.1, 0.15) is 0 Å². The molecule has 2 aromatic heterocycles. The topological polar surface area (TPSA) is 84.2 Å². The second kappa shape index (κ2) is 6.25. The van der Waals surface area contributed by atoms with E-state index in [4.69, 9.17) is 4.52 Å². The number of amides is 1. The molecular weight excluding hydrogens is 326 g/mol. The first-order chi connectivity index (χ1) is 11.6. The van der Waals surface area contributed by atoms with Gasteiger partial charge in [0.2, 0.25) is 5.89 Å². The van der Waals surface area contributed by atoms with Crippen LogP contribution in [-0.4, -0.2) is 37.9 Å². The van der Waals surface area contributed by atoms with E-state index in [9.17, 15) is 4.79 Å². The smallest absolute Gasteiger partial charge is 0.292 e. The average molecular weight is 347 g/mol. The number of aromatic nitrogens is 3. The van der Waals surface area contributed by atoms with E-state index in [0.717, 1.165) is 44.5 Å². The third-order valence-corrected chi connectivity index (χ3v) is 5.63. The van der Waals surface area contributed by atoms with Crippen LogP contribution in [0.4, 0.5) is 0 Å². The SMILES string of the molecule is Cc1nsc(C)c1CN1CCC[C@H]1c1nc(C(=O)NC2CC2)no1. The van der Waals surface area contributed by atoms with Gasteiger partial charge in [0, 0.05) is 23.0 Å². The van der Waals surface area contributed by atoms with Gasteiger partial charge in [-0.1, -0.05) is 5.16 Å². The predicted molar refractivity (Wildman–Crippen MR) is 88.8 cm³/mol. The Labute approximate surface area is 144 Å². The summed E-state index contributed by atoms with van der Waals surface area (Å²) in [5.41, 5.74) is 2.39. The summed E-state index contributed by atoms with van der Waals surface area (Å²) in [6, 6.07) is 0.373. The predicted octanol–water partition coefficient (Wildman–Crippen LogP) is 2.37. The molecule has 1 saturated heterocycles. The van der Waals surface area contributed by atoms with Gasteiger partial charge >= 0.3 is 0 Å². The average Bonchev–Trinajstić information content (AvgIpc) is 2.98. The lowest BCUT2D eigenvalue weighted by Gasteiger charge is -2.21. The van der Waals surface area contributed by atoms with E-state index < -0.39 is 0 Å². The summed E-state index contributed by atoms with van der Waals surface area (Å²) in [6.07, 6.45) is 4.15. The molecule has 2 aliphatic rings. The maximum Gasteiger partial charge on any atom is 0.292 e. The van der Waals surface area contributed by atoms with Gasteiger partial charge in [-0.2, -0.15) is 9.36 Å². The Hall–Kier alpha value is -1.80. The van der Waals surface area contributed by atoms with Crippen molar-refractivity contribution in [1.82, 2.24) is 24.7 Å². The van der Waals surface area contributed by atoms with Crippen molar-refractivity contribution in [2.45, 2.75) is 58.2 Å². The molecule has 0 radical (unpaired) electrons. The minimum absolute atomic E-state index is 0.0821. The number of carbonyl (C=O) groups excluding carboxylic acids is 1. The highest BCUT2D eigenvalue weighted by Gasteiger charge is 2.33. The van der Waals surface area contributed by atoms with Gasteiger partial charge < -0.3 is 9.84 Å². The van der Waals surface area contributed by atoms with Gasteiger partial charge in [-0.25, -0.2) is 0 Å². The van der Waals surface area contributed by atoms with Crippen LogP contribution in [0.25, 0.3) is 0 Å². The van der Waals surface area contributed by atoms with Gasteiger partial charge in [-0.3, -0.25) is 9.69 Å². The van der Waals surface area contributed by atoms with Crippen molar-refractivity contribution in [3.8, 4) is 0 Å². The van der Waals surface area contributed by atoms with Crippen LogP contribution in [0.15, 0.2) is 4.52 Å². The number of rotatable bonds is 5. The minimum Gasteiger partial charge on any atom is -0.346 e. The second-order valence-electron chi connectivity index (χ2n) is 6.64. The molecular formula is C16H21N5O2S. The molecule has 1 aliphatic heterocycles. The van der Waals surface area contributed by atoms with Gasteiger partial charge in [-0.05, 0) is 57.6 Å². The lowest BCUT2D eigenvalue weighted by atomic mass is 10.1. The molecule has 0 aromatic carbocycles. The number of nitrogens with one attached hydrogen (secondary N) is 1. The van der Waals surface area contributed by atoms with Crippen molar-refractivity contribution < 1.29 is 9.32 Å². The van der Waals surface area contributed by atoms with Crippen molar-refractivity contribution in [2.24, 2.45) is 0 Å². The summed E-state index contributed by atoms with van der Waals surface area (Å²) in [5, 5.41) is 6.77. The normalized spacial score (nSPS) is 21.3. The largest absolute Gasteiger partial charge is 0.346 e. The van der Waals surface area contributed by atoms with Gasteiger partial charge in [-0.15, -0.1) is 0 Å². The van der Waals surface area contributed by atoms with E-state index in [1.54, 1.807) is 11.5 Å². The molecule has 24 heavy (non-hydrogen) atoms. The lowest BCUT2D eigenvalue weighted by molar-refractivity contribution is 0.0937. The Balaban J connectivity index is 1.48. The van der Waals surface area contributed by atoms with E-state index in [2.05, 4.69) is 38.6 Å². The fourth-order valence-electron chi connectivity index (χ4n) is 3.17. The number of likely N-dealkylation sites (tertiary alicyclic amines) is 1. The first kappa shape index (κ1) is 15.7. The Bertz CT molecular complexity index is 732. The highest BCUT2D eigenvalue weighted by molar-refractivity contribution is 7.05. The maximum atomic E-state index is 12.0. The van der Waals surface area contributed by atoms with Crippen LogP contribution in [0, 0.1) is 13.8 Å². The molecule has 4 rings (SSSR count). The number of carbonyl (C=O) groups is 1. The first-order valence-corrected chi connectivity index (χ1v) is 9.19. The van der Waals surface area contributed by atoms with E-state index in [0.29, 0.717) is 11.9 Å². The quantitative estimate of drug-likeness (QED) is 0.894. The molecule has 0 unspecified atom stereocenters. The molecule has 0 spiro atoms. The fraction of sp³-hybridized carbons (Fsp3) is 0.625. The number of nitrogens with zero attached hydrogens (tertiary/aromatic N) is 4. The highest BCUT2D eigenvalue weighted by atomic mass is 32.1. The number of hydrogen-bond donors (Lipinski definition) is 1. The van der Waals surface area contributed by atoms with Crippen molar-refractivity contribution >= 4 is 17.4 Å². The molecule has 1 saturated carbocycles. The van der Waals surface area contributed by atoms with E-state index >= 15 is 0 Å². The minimum atomic E-state index is -0.231. The summed E-state index contributed by atoms with van der Waals surface area (Å²) in [5.74, 6) is 0.464. The Morgan fingerprint density at radius 2 is 2.21 bits per heavy atom. The first-order valence-electron chi connectivity index (χ1n) is 8.42. The van der Waals surface area contributed by atoms with Crippen LogP contribution >= 0.6 is 11.5 Å². The van der Waals surface area contributed by atoms with Crippen LogP contribution in [0.3, 0.4) is 0 Å². The Morgan fingerprint density at radius 3 is 2.92 bits per heavy atom. The molecule has 1 aliphatic carbocycles.